The van der Waals surface area contributed by atoms with Crippen LogP contribution in [0, 0.1) is 56.2 Å². The van der Waals surface area contributed by atoms with Gasteiger partial charge >= 0.3 is 11.9 Å². The van der Waals surface area contributed by atoms with Crippen LogP contribution in [0.3, 0.4) is 0 Å². The van der Waals surface area contributed by atoms with E-state index in [1.807, 2.05) is 0 Å². The molecule has 0 spiro atoms. The number of aliphatic hydroxyl groups excluding tert-OH is 3. The fraction of sp³-hybridized carbons (Fsp3) is 0.892. The normalized spacial score (nSPS) is 51.9. The van der Waals surface area contributed by atoms with Crippen LogP contribution in [0.25, 0.3) is 0 Å². The first-order valence-electron chi connectivity index (χ1n) is 17.6. The van der Waals surface area contributed by atoms with Crippen molar-refractivity contribution >= 4 is 11.9 Å². The predicted octanol–water partition coefficient (Wildman–Crippen LogP) is 5.81. The van der Waals surface area contributed by atoms with Gasteiger partial charge in [0.05, 0.1) is 11.5 Å². The highest BCUT2D eigenvalue weighted by molar-refractivity contribution is 5.76. The molecule has 0 aromatic carbocycles. The molecule has 8 heteroatoms. The topological polar surface area (TPSA) is 145 Å². The summed E-state index contributed by atoms with van der Waals surface area (Å²) in [5.74, 6) is -0.786. The molecule has 6 rings (SSSR count). The van der Waals surface area contributed by atoms with Crippen molar-refractivity contribution in [2.75, 3.05) is 0 Å². The van der Waals surface area contributed by atoms with Crippen molar-refractivity contribution in [1.82, 2.24) is 0 Å². The maximum Gasteiger partial charge on any atom is 0.335 e. The van der Waals surface area contributed by atoms with Crippen LogP contribution in [0.2, 0.25) is 0 Å². The first kappa shape index (κ1) is 33.4. The molecule has 13 atom stereocenters. The Bertz CT molecular complexity index is 1260. The Morgan fingerprint density at radius 3 is 2.13 bits per heavy atom. The number of carboxylic acid groups (broad SMARTS) is 2. The average molecular weight is 631 g/mol. The van der Waals surface area contributed by atoms with Crippen LogP contribution in [0.1, 0.15) is 119 Å². The Morgan fingerprint density at radius 2 is 1.49 bits per heavy atom. The second kappa shape index (κ2) is 10.5. The number of allylic oxidation sites excluding steroid dienone is 2. The summed E-state index contributed by atoms with van der Waals surface area (Å²) in [5.41, 5.74) is 0.938. The molecule has 4 saturated carbocycles. The Hall–Kier alpha value is -1.48. The molecule has 0 aromatic rings. The zero-order valence-corrected chi connectivity index (χ0v) is 28.5. The number of aliphatic carboxylic acids is 2. The van der Waals surface area contributed by atoms with Crippen molar-refractivity contribution in [3.63, 3.8) is 0 Å². The lowest BCUT2D eigenvalue weighted by Crippen LogP contribution is -2.65. The molecule has 5 aliphatic carbocycles. The van der Waals surface area contributed by atoms with Crippen molar-refractivity contribution < 1.29 is 39.9 Å². The van der Waals surface area contributed by atoms with E-state index in [2.05, 4.69) is 54.5 Å². The molecule has 6 unspecified atom stereocenters. The van der Waals surface area contributed by atoms with E-state index in [-0.39, 0.29) is 38.9 Å². The monoisotopic (exact) mass is 630 g/mol. The number of hydrogen-bond donors (Lipinski definition) is 5. The van der Waals surface area contributed by atoms with Crippen molar-refractivity contribution in [2.24, 2.45) is 56.2 Å². The summed E-state index contributed by atoms with van der Waals surface area (Å²) >= 11 is 0. The summed E-state index contributed by atoms with van der Waals surface area (Å²) in [6.45, 7) is 16.8. The number of aliphatic hydroxyl groups is 3. The van der Waals surface area contributed by atoms with E-state index in [1.165, 1.54) is 5.57 Å². The highest BCUT2D eigenvalue weighted by atomic mass is 16.6. The lowest BCUT2D eigenvalue weighted by Gasteiger charge is -2.71. The molecule has 8 nitrogen and oxygen atoms in total. The number of carbonyl (C=O) groups is 2. The lowest BCUT2D eigenvalue weighted by molar-refractivity contribution is -0.238. The lowest BCUT2D eigenvalue weighted by atomic mass is 9.33. The molecule has 1 saturated heterocycles. The summed E-state index contributed by atoms with van der Waals surface area (Å²) in [7, 11) is 0. The molecular weight excluding hydrogens is 572 g/mol. The standard InChI is InChI=1S/C37H58O8/c1-32(2)14-16-37(31(43)44)17-15-35(6)21(22(37)19-32)8-9-25-34(5)12-10-20(33(3,4)24(34)11-13-36(25,35)7)18-23-26(38)27(39)28(40)29(45-23)30(41)42/h8,20,22-29,38-40H,9-19H2,1-7H3,(H,41,42)(H,43,44)/t20-,22?,23-,24?,25?,26?,27?,28-,29?,34-,35+,36+,37-/m0/s1. The van der Waals surface area contributed by atoms with E-state index in [0.29, 0.717) is 18.3 Å². The highest BCUT2D eigenvalue weighted by Crippen LogP contribution is 2.76. The van der Waals surface area contributed by atoms with Gasteiger partial charge in [0.15, 0.2) is 6.10 Å². The third kappa shape index (κ3) is 4.58. The third-order valence-corrected chi connectivity index (χ3v) is 15.8. The minimum absolute atomic E-state index is 0.0369. The molecule has 0 radical (unpaired) electrons. The van der Waals surface area contributed by atoms with Crippen LogP contribution in [0.4, 0.5) is 0 Å². The Labute approximate surface area is 269 Å². The third-order valence-electron chi connectivity index (χ3n) is 15.8. The summed E-state index contributed by atoms with van der Waals surface area (Å²) in [6, 6.07) is 0. The number of hydrogen-bond acceptors (Lipinski definition) is 6. The van der Waals surface area contributed by atoms with Gasteiger partial charge in [-0.2, -0.15) is 0 Å². The molecule has 5 N–H and O–H groups in total. The molecular formula is C37H58O8. The molecule has 1 heterocycles. The fourth-order valence-corrected chi connectivity index (χ4v) is 12.8. The molecule has 6 aliphatic rings. The molecule has 1 aliphatic heterocycles. The van der Waals surface area contributed by atoms with E-state index >= 15 is 0 Å². The van der Waals surface area contributed by atoms with Gasteiger partial charge in [0.2, 0.25) is 0 Å². The number of ether oxygens (including phenoxy) is 1. The van der Waals surface area contributed by atoms with Gasteiger partial charge in [-0.25, -0.2) is 4.79 Å². The SMILES string of the molecule is CC1(C)CC[C@]2(C(=O)O)CC[C@]3(C)C(=CCC4[C@@]5(C)CC[C@@H](C[C@@H]6OC(C(=O)O)[C@@H](O)C(O)C6O)C(C)(C)C5CC[C@]43C)C2C1. The van der Waals surface area contributed by atoms with Gasteiger partial charge in [-0.15, -0.1) is 0 Å². The van der Waals surface area contributed by atoms with E-state index in [1.54, 1.807) is 0 Å². The van der Waals surface area contributed by atoms with Gasteiger partial charge in [-0.3, -0.25) is 4.79 Å². The minimum Gasteiger partial charge on any atom is -0.481 e. The predicted molar refractivity (Wildman–Crippen MR) is 169 cm³/mol. The van der Waals surface area contributed by atoms with E-state index < -0.39 is 47.9 Å². The Kier molecular flexibility index (Phi) is 7.80. The van der Waals surface area contributed by atoms with Crippen molar-refractivity contribution in [1.29, 1.82) is 0 Å². The molecule has 45 heavy (non-hydrogen) atoms. The summed E-state index contributed by atoms with van der Waals surface area (Å²) in [5, 5.41) is 51.7. The Balaban J connectivity index is 1.29. The van der Waals surface area contributed by atoms with Crippen molar-refractivity contribution in [3.05, 3.63) is 11.6 Å². The summed E-state index contributed by atoms with van der Waals surface area (Å²) in [6.07, 6.45) is 5.41. The van der Waals surface area contributed by atoms with Crippen LogP contribution in [-0.2, 0) is 14.3 Å². The zero-order valence-electron chi connectivity index (χ0n) is 28.5. The van der Waals surface area contributed by atoms with Crippen LogP contribution in [-0.4, -0.2) is 68.0 Å². The minimum atomic E-state index is -1.67. The van der Waals surface area contributed by atoms with E-state index in [0.717, 1.165) is 64.2 Å². The smallest absolute Gasteiger partial charge is 0.335 e. The number of rotatable bonds is 4. The summed E-state index contributed by atoms with van der Waals surface area (Å²) < 4.78 is 5.75. The van der Waals surface area contributed by atoms with Crippen LogP contribution < -0.4 is 0 Å². The second-order valence-electron chi connectivity index (χ2n) is 18.4. The van der Waals surface area contributed by atoms with Crippen LogP contribution >= 0.6 is 0 Å². The maximum absolute atomic E-state index is 12.9. The average Bonchev–Trinajstić information content (AvgIpc) is 2.94. The van der Waals surface area contributed by atoms with Gasteiger partial charge in [0, 0.05) is 0 Å². The second-order valence-corrected chi connectivity index (χ2v) is 18.4. The molecule has 254 valence electrons. The van der Waals surface area contributed by atoms with Gasteiger partial charge < -0.3 is 30.3 Å². The van der Waals surface area contributed by atoms with E-state index in [4.69, 9.17) is 4.74 Å². The molecule has 0 bridgehead atoms. The highest BCUT2D eigenvalue weighted by Gasteiger charge is 2.69. The fourth-order valence-electron chi connectivity index (χ4n) is 12.8. The zero-order chi connectivity index (χ0) is 33.1. The largest absolute Gasteiger partial charge is 0.481 e. The van der Waals surface area contributed by atoms with Crippen LogP contribution in [0.15, 0.2) is 11.6 Å². The van der Waals surface area contributed by atoms with Gasteiger partial charge in [0.25, 0.3) is 0 Å². The quantitative estimate of drug-likeness (QED) is 0.245. The molecule has 0 aromatic heterocycles. The molecule has 5 fully saturated rings. The summed E-state index contributed by atoms with van der Waals surface area (Å²) in [4.78, 5) is 24.7. The van der Waals surface area contributed by atoms with Crippen molar-refractivity contribution in [2.45, 2.75) is 150 Å². The molecule has 0 amide bonds. The van der Waals surface area contributed by atoms with E-state index in [9.17, 15) is 35.1 Å². The first-order valence-corrected chi connectivity index (χ1v) is 17.6. The Morgan fingerprint density at radius 1 is 0.822 bits per heavy atom. The van der Waals surface area contributed by atoms with Gasteiger partial charge in [0.1, 0.15) is 18.3 Å². The van der Waals surface area contributed by atoms with Gasteiger partial charge in [-0.1, -0.05) is 60.1 Å². The number of fused-ring (bicyclic) bond motifs is 7. The van der Waals surface area contributed by atoms with Crippen molar-refractivity contribution in [3.8, 4) is 0 Å². The van der Waals surface area contributed by atoms with Crippen LogP contribution in [0.5, 0.6) is 0 Å². The maximum atomic E-state index is 12.9. The van der Waals surface area contributed by atoms with Gasteiger partial charge in [-0.05, 0) is 121 Å². The first-order chi connectivity index (χ1) is 20.7. The number of carboxylic acids is 2.